The first-order chi connectivity index (χ1) is 9.11. The molecule has 1 aromatic rings. The lowest BCUT2D eigenvalue weighted by molar-refractivity contribution is -0.0880. The molecule has 5 heteroatoms. The molecule has 0 aromatic carbocycles. The second-order valence-corrected chi connectivity index (χ2v) is 6.12. The van der Waals surface area contributed by atoms with E-state index in [1.54, 1.807) is 0 Å². The minimum Gasteiger partial charge on any atom is -0.372 e. The fourth-order valence-corrected chi connectivity index (χ4v) is 3.33. The normalized spacial score (nSPS) is 27.3. The molecule has 1 aromatic heterocycles. The van der Waals surface area contributed by atoms with Crippen molar-refractivity contribution >= 4 is 21.7 Å². The lowest BCUT2D eigenvalue weighted by Gasteiger charge is -2.38. The van der Waals surface area contributed by atoms with Gasteiger partial charge in [0.05, 0.1) is 4.47 Å². The molecule has 0 amide bonds. The van der Waals surface area contributed by atoms with Gasteiger partial charge in [-0.3, -0.25) is 0 Å². The van der Waals surface area contributed by atoms with Crippen LogP contribution in [0.3, 0.4) is 0 Å². The van der Waals surface area contributed by atoms with Crippen molar-refractivity contribution in [1.82, 2.24) is 9.97 Å². The third-order valence-electron chi connectivity index (χ3n) is 3.76. The Kier molecular flexibility index (Phi) is 4.79. The van der Waals surface area contributed by atoms with Crippen LogP contribution >= 0.6 is 15.9 Å². The molecular weight excluding hydrogens is 306 g/mol. The smallest absolute Gasteiger partial charge is 0.162 e. The lowest BCUT2D eigenvalue weighted by Crippen LogP contribution is -2.37. The average Bonchev–Trinajstić information content (AvgIpc) is 2.39. The van der Waals surface area contributed by atoms with Gasteiger partial charge in [-0.1, -0.05) is 13.3 Å². The summed E-state index contributed by atoms with van der Waals surface area (Å²) in [5.74, 6) is 2.29. The first-order valence-corrected chi connectivity index (χ1v) is 7.75. The second kappa shape index (κ2) is 6.18. The highest BCUT2D eigenvalue weighted by molar-refractivity contribution is 9.10. The van der Waals surface area contributed by atoms with E-state index in [1.807, 2.05) is 20.2 Å². The van der Waals surface area contributed by atoms with Gasteiger partial charge in [0.15, 0.2) is 5.82 Å². The van der Waals surface area contributed by atoms with E-state index in [0.29, 0.717) is 12.5 Å². The van der Waals surface area contributed by atoms with Crippen LogP contribution in [0.2, 0.25) is 0 Å². The van der Waals surface area contributed by atoms with Crippen LogP contribution in [0.15, 0.2) is 10.7 Å². The number of aromatic nitrogens is 2. The predicted molar refractivity (Wildman–Crippen MR) is 80.2 cm³/mol. The van der Waals surface area contributed by atoms with Crippen molar-refractivity contribution in [1.29, 1.82) is 0 Å². The first kappa shape index (κ1) is 14.7. The maximum Gasteiger partial charge on any atom is 0.162 e. The standard InChI is InChI=1S/C14H22BrN3O/c1-4-19-14(7-5-6-10(2)8-14)13-17-9-11(15)12(16-3)18-13/h9-10H,4-8H2,1-3H3,(H,16,17,18). The van der Waals surface area contributed by atoms with Gasteiger partial charge in [0, 0.05) is 19.9 Å². The summed E-state index contributed by atoms with van der Waals surface area (Å²) in [6, 6.07) is 0. The SMILES string of the molecule is CCOC1(c2ncc(Br)c(NC)n2)CCCC(C)C1. The fourth-order valence-electron chi connectivity index (χ4n) is 2.94. The minimum atomic E-state index is -0.307. The van der Waals surface area contributed by atoms with Gasteiger partial charge in [-0.15, -0.1) is 0 Å². The molecule has 0 spiro atoms. The summed E-state index contributed by atoms with van der Waals surface area (Å²) in [5, 5.41) is 3.09. The van der Waals surface area contributed by atoms with E-state index in [0.717, 1.165) is 29.0 Å². The number of hydrogen-bond donors (Lipinski definition) is 1. The molecule has 2 rings (SSSR count). The van der Waals surface area contributed by atoms with E-state index < -0.39 is 0 Å². The Bertz CT molecular complexity index is 437. The summed E-state index contributed by atoms with van der Waals surface area (Å²) in [5.41, 5.74) is -0.307. The van der Waals surface area contributed by atoms with Crippen LogP contribution in [0.25, 0.3) is 0 Å². The van der Waals surface area contributed by atoms with Gasteiger partial charge in [-0.25, -0.2) is 9.97 Å². The number of nitrogens with one attached hydrogen (secondary N) is 1. The van der Waals surface area contributed by atoms with Crippen LogP contribution in [0, 0.1) is 5.92 Å². The fraction of sp³-hybridized carbons (Fsp3) is 0.714. The molecular formula is C14H22BrN3O. The Morgan fingerprint density at radius 3 is 3.00 bits per heavy atom. The van der Waals surface area contributed by atoms with Gasteiger partial charge in [0.1, 0.15) is 11.4 Å². The van der Waals surface area contributed by atoms with Crippen LogP contribution < -0.4 is 5.32 Å². The summed E-state index contributed by atoms with van der Waals surface area (Å²) in [4.78, 5) is 9.16. The number of halogens is 1. The van der Waals surface area contributed by atoms with Crippen LogP contribution in [0.5, 0.6) is 0 Å². The molecule has 1 aliphatic rings. The molecule has 1 saturated carbocycles. The van der Waals surface area contributed by atoms with Crippen LogP contribution in [-0.2, 0) is 10.3 Å². The number of hydrogen-bond acceptors (Lipinski definition) is 4. The van der Waals surface area contributed by atoms with E-state index >= 15 is 0 Å². The van der Waals surface area contributed by atoms with Crippen molar-refractivity contribution in [3.05, 3.63) is 16.5 Å². The second-order valence-electron chi connectivity index (χ2n) is 5.27. The quantitative estimate of drug-likeness (QED) is 0.915. The van der Waals surface area contributed by atoms with E-state index in [-0.39, 0.29) is 5.60 Å². The van der Waals surface area contributed by atoms with Crippen molar-refractivity contribution in [2.75, 3.05) is 19.0 Å². The highest BCUT2D eigenvalue weighted by Crippen LogP contribution is 2.42. The molecule has 1 N–H and O–H groups in total. The maximum atomic E-state index is 6.10. The molecule has 2 unspecified atom stereocenters. The Morgan fingerprint density at radius 2 is 2.37 bits per heavy atom. The molecule has 2 atom stereocenters. The van der Waals surface area contributed by atoms with Gasteiger partial charge in [0.25, 0.3) is 0 Å². The molecule has 0 bridgehead atoms. The topological polar surface area (TPSA) is 47.0 Å². The molecule has 0 aliphatic heterocycles. The molecule has 1 heterocycles. The third-order valence-corrected chi connectivity index (χ3v) is 4.35. The Morgan fingerprint density at radius 1 is 1.58 bits per heavy atom. The van der Waals surface area contributed by atoms with Crippen molar-refractivity contribution in [3.63, 3.8) is 0 Å². The molecule has 106 valence electrons. The van der Waals surface area contributed by atoms with Gasteiger partial charge >= 0.3 is 0 Å². The summed E-state index contributed by atoms with van der Waals surface area (Å²) >= 11 is 3.45. The molecule has 19 heavy (non-hydrogen) atoms. The van der Waals surface area contributed by atoms with Gasteiger partial charge in [-0.2, -0.15) is 0 Å². The number of nitrogens with zero attached hydrogens (tertiary/aromatic N) is 2. The highest BCUT2D eigenvalue weighted by atomic mass is 79.9. The van der Waals surface area contributed by atoms with Crippen LogP contribution in [0.4, 0.5) is 5.82 Å². The Balaban J connectivity index is 2.37. The van der Waals surface area contributed by atoms with E-state index in [9.17, 15) is 0 Å². The summed E-state index contributed by atoms with van der Waals surface area (Å²) in [6.45, 7) is 5.02. The van der Waals surface area contributed by atoms with Gasteiger partial charge in [-0.05, 0) is 48.0 Å². The lowest BCUT2D eigenvalue weighted by atomic mass is 9.78. The molecule has 0 saturated heterocycles. The third kappa shape index (κ3) is 3.08. The van der Waals surface area contributed by atoms with Crippen LogP contribution in [0.1, 0.15) is 45.4 Å². The maximum absolute atomic E-state index is 6.10. The molecule has 1 aliphatic carbocycles. The summed E-state index contributed by atoms with van der Waals surface area (Å²) in [7, 11) is 1.87. The van der Waals surface area contributed by atoms with Crippen LogP contribution in [-0.4, -0.2) is 23.6 Å². The van der Waals surface area contributed by atoms with E-state index in [2.05, 4.69) is 38.1 Å². The minimum absolute atomic E-state index is 0.307. The van der Waals surface area contributed by atoms with Crippen molar-refractivity contribution < 1.29 is 4.74 Å². The largest absolute Gasteiger partial charge is 0.372 e. The Labute approximate surface area is 123 Å². The average molecular weight is 328 g/mol. The molecule has 0 radical (unpaired) electrons. The van der Waals surface area contributed by atoms with Crippen molar-refractivity contribution in [2.24, 2.45) is 5.92 Å². The zero-order valence-corrected chi connectivity index (χ0v) is 13.5. The Hall–Kier alpha value is -0.680. The monoisotopic (exact) mass is 327 g/mol. The highest BCUT2D eigenvalue weighted by Gasteiger charge is 2.40. The molecule has 1 fully saturated rings. The number of anilines is 1. The van der Waals surface area contributed by atoms with Crippen molar-refractivity contribution in [3.8, 4) is 0 Å². The van der Waals surface area contributed by atoms with Gasteiger partial charge in [0.2, 0.25) is 0 Å². The predicted octanol–water partition coefficient (Wildman–Crippen LogP) is 3.72. The zero-order valence-electron chi connectivity index (χ0n) is 11.9. The zero-order chi connectivity index (χ0) is 13.9. The number of ether oxygens (including phenoxy) is 1. The summed E-state index contributed by atoms with van der Waals surface area (Å²) < 4.78 is 6.98. The number of rotatable bonds is 4. The van der Waals surface area contributed by atoms with Crippen molar-refractivity contribution in [2.45, 2.75) is 45.1 Å². The van der Waals surface area contributed by atoms with E-state index in [4.69, 9.17) is 4.74 Å². The molecule has 4 nitrogen and oxygen atoms in total. The van der Waals surface area contributed by atoms with E-state index in [1.165, 1.54) is 12.8 Å². The first-order valence-electron chi connectivity index (χ1n) is 6.96. The van der Waals surface area contributed by atoms with Gasteiger partial charge < -0.3 is 10.1 Å². The summed E-state index contributed by atoms with van der Waals surface area (Å²) in [6.07, 6.45) is 6.27.